The van der Waals surface area contributed by atoms with E-state index in [4.69, 9.17) is 4.74 Å². The van der Waals surface area contributed by atoms with Crippen LogP contribution in [0.15, 0.2) is 46.8 Å². The number of ether oxygens (including phenoxy) is 1. The highest BCUT2D eigenvalue weighted by molar-refractivity contribution is 5.99. The van der Waals surface area contributed by atoms with Crippen molar-refractivity contribution in [1.82, 2.24) is 4.90 Å². The zero-order valence-electron chi connectivity index (χ0n) is 19.0. The van der Waals surface area contributed by atoms with Gasteiger partial charge in [0.25, 0.3) is 0 Å². The maximum atomic E-state index is 13.8. The minimum Gasteiger partial charge on any atom is -0.545 e. The number of allylic oxidation sites excluding steroid dienone is 2. The number of rotatable bonds is 5. The fourth-order valence-electron chi connectivity index (χ4n) is 4.04. The Kier molecular flexibility index (Phi) is 6.74. The second-order valence-corrected chi connectivity index (χ2v) is 8.90. The van der Waals surface area contributed by atoms with E-state index in [9.17, 15) is 37.8 Å². The van der Waals surface area contributed by atoms with Crippen molar-refractivity contribution in [3.05, 3.63) is 57.9 Å². The number of aliphatic carboxylic acids is 2. The number of benzene rings is 1. The monoisotopic (exact) mass is 467 g/mol. The number of nitrogens with zero attached hydrogens (tertiary/aromatic N) is 1. The van der Waals surface area contributed by atoms with Gasteiger partial charge in [-0.2, -0.15) is 13.2 Å². The van der Waals surface area contributed by atoms with Crippen LogP contribution in [0.1, 0.15) is 52.7 Å². The molecule has 0 fully saturated rings. The Morgan fingerprint density at radius 2 is 1.42 bits per heavy atom. The fraction of sp³-hybridized carbons (Fsp3) is 0.435. The molecule has 0 amide bonds. The molecule has 0 saturated heterocycles. The Morgan fingerprint density at radius 3 is 1.82 bits per heavy atom. The van der Waals surface area contributed by atoms with Gasteiger partial charge in [-0.15, -0.1) is 0 Å². The Hall–Kier alpha value is -3.30. The Balaban J connectivity index is 2.84. The number of carbonyl (C=O) groups is 3. The van der Waals surface area contributed by atoms with E-state index in [0.29, 0.717) is 0 Å². The van der Waals surface area contributed by atoms with Gasteiger partial charge in [-0.05, 0) is 53.2 Å². The second kappa shape index (κ2) is 8.57. The van der Waals surface area contributed by atoms with E-state index >= 15 is 0 Å². The summed E-state index contributed by atoms with van der Waals surface area (Å²) in [7, 11) is 0. The minimum atomic E-state index is -4.89. The first-order valence-electron chi connectivity index (χ1n) is 9.92. The Labute approximate surface area is 189 Å². The van der Waals surface area contributed by atoms with Crippen molar-refractivity contribution in [2.75, 3.05) is 6.73 Å². The quantitative estimate of drug-likeness (QED) is 0.608. The summed E-state index contributed by atoms with van der Waals surface area (Å²) >= 11 is 0. The van der Waals surface area contributed by atoms with Gasteiger partial charge in [0.05, 0.1) is 22.9 Å². The molecular weight excluding hydrogens is 443 g/mol. The summed E-state index contributed by atoms with van der Waals surface area (Å²) in [6, 6.07) is 4.12. The van der Waals surface area contributed by atoms with Crippen LogP contribution in [-0.4, -0.2) is 29.5 Å². The molecule has 0 saturated carbocycles. The SMILES string of the molecule is CC1=C(C(=O)[O-])C(C)(c2ccccc2C(F)(F)F)C(C(=O)[O-])=C(C)N1COC(=O)C(C)(C)C. The van der Waals surface area contributed by atoms with Crippen LogP contribution >= 0.6 is 0 Å². The molecule has 0 aromatic heterocycles. The number of hydrogen-bond donors (Lipinski definition) is 0. The molecule has 2 rings (SSSR count). The topological polar surface area (TPSA) is 110 Å². The van der Waals surface area contributed by atoms with Crippen molar-refractivity contribution in [1.29, 1.82) is 0 Å². The van der Waals surface area contributed by atoms with Crippen LogP contribution in [0.25, 0.3) is 0 Å². The molecule has 1 heterocycles. The van der Waals surface area contributed by atoms with Crippen LogP contribution in [0.2, 0.25) is 0 Å². The van der Waals surface area contributed by atoms with Gasteiger partial charge in [0.2, 0.25) is 0 Å². The third kappa shape index (κ3) is 4.60. The Morgan fingerprint density at radius 1 is 0.970 bits per heavy atom. The van der Waals surface area contributed by atoms with Crippen LogP contribution in [0, 0.1) is 5.41 Å². The highest BCUT2D eigenvalue weighted by Gasteiger charge is 2.48. The van der Waals surface area contributed by atoms with Gasteiger partial charge < -0.3 is 29.4 Å². The van der Waals surface area contributed by atoms with Crippen LogP contribution in [0.4, 0.5) is 13.2 Å². The molecule has 1 aliphatic heterocycles. The van der Waals surface area contributed by atoms with Crippen LogP contribution in [0.5, 0.6) is 0 Å². The molecule has 180 valence electrons. The third-order valence-electron chi connectivity index (χ3n) is 5.65. The highest BCUT2D eigenvalue weighted by atomic mass is 19.4. The number of carbonyl (C=O) groups excluding carboxylic acids is 3. The van der Waals surface area contributed by atoms with E-state index in [-0.39, 0.29) is 11.4 Å². The first kappa shape index (κ1) is 26.0. The number of carboxylic acids is 2. The third-order valence-corrected chi connectivity index (χ3v) is 5.65. The smallest absolute Gasteiger partial charge is 0.416 e. The molecule has 33 heavy (non-hydrogen) atoms. The van der Waals surface area contributed by atoms with Gasteiger partial charge in [-0.25, -0.2) is 0 Å². The van der Waals surface area contributed by atoms with Gasteiger partial charge in [0, 0.05) is 28.0 Å². The predicted molar refractivity (Wildman–Crippen MR) is 106 cm³/mol. The highest BCUT2D eigenvalue weighted by Crippen LogP contribution is 2.49. The lowest BCUT2D eigenvalue weighted by Gasteiger charge is -2.46. The van der Waals surface area contributed by atoms with Crippen LogP contribution in [0.3, 0.4) is 0 Å². The maximum absolute atomic E-state index is 13.8. The van der Waals surface area contributed by atoms with Crippen molar-refractivity contribution in [3.63, 3.8) is 0 Å². The predicted octanol–water partition coefficient (Wildman–Crippen LogP) is 1.87. The summed E-state index contributed by atoms with van der Waals surface area (Å²) in [6.45, 7) is 7.82. The minimum absolute atomic E-state index is 0.126. The first-order valence-corrected chi connectivity index (χ1v) is 9.92. The molecule has 0 spiro atoms. The molecular formula is C23H24F3NO6-2. The van der Waals surface area contributed by atoms with Crippen molar-refractivity contribution < 1.29 is 42.5 Å². The molecule has 10 heteroatoms. The zero-order valence-corrected chi connectivity index (χ0v) is 19.0. The second-order valence-electron chi connectivity index (χ2n) is 8.90. The van der Waals surface area contributed by atoms with Gasteiger partial charge in [-0.3, -0.25) is 4.79 Å². The number of hydrogen-bond acceptors (Lipinski definition) is 7. The van der Waals surface area contributed by atoms with Crippen molar-refractivity contribution in [2.24, 2.45) is 5.41 Å². The fourth-order valence-corrected chi connectivity index (χ4v) is 4.04. The maximum Gasteiger partial charge on any atom is 0.416 e. The summed E-state index contributed by atoms with van der Waals surface area (Å²) in [5.74, 6) is -4.39. The van der Waals surface area contributed by atoms with Crippen molar-refractivity contribution in [2.45, 2.75) is 53.1 Å². The van der Waals surface area contributed by atoms with Crippen LogP contribution in [-0.2, 0) is 30.7 Å². The van der Waals surface area contributed by atoms with Gasteiger partial charge in [-0.1, -0.05) is 18.2 Å². The summed E-state index contributed by atoms with van der Waals surface area (Å²) in [6.07, 6.45) is -4.89. The molecule has 1 aliphatic rings. The van der Waals surface area contributed by atoms with E-state index in [0.717, 1.165) is 30.0 Å². The largest absolute Gasteiger partial charge is 0.545 e. The lowest BCUT2D eigenvalue weighted by Crippen LogP contribution is -2.50. The molecule has 0 bridgehead atoms. The van der Waals surface area contributed by atoms with E-state index in [1.54, 1.807) is 20.8 Å². The number of alkyl halides is 3. The molecule has 1 aromatic carbocycles. The summed E-state index contributed by atoms with van der Waals surface area (Å²) in [4.78, 5) is 37.7. The lowest BCUT2D eigenvalue weighted by molar-refractivity contribution is -0.301. The molecule has 1 aromatic rings. The number of carboxylic acid groups (broad SMARTS) is 2. The van der Waals surface area contributed by atoms with Gasteiger partial charge in [0.1, 0.15) is 0 Å². The zero-order chi connectivity index (χ0) is 25.5. The van der Waals surface area contributed by atoms with E-state index in [1.165, 1.54) is 19.9 Å². The van der Waals surface area contributed by atoms with E-state index in [1.807, 2.05) is 0 Å². The van der Waals surface area contributed by atoms with Crippen molar-refractivity contribution >= 4 is 17.9 Å². The average molecular weight is 467 g/mol. The molecule has 0 N–H and O–H groups in total. The van der Waals surface area contributed by atoms with Gasteiger partial charge >= 0.3 is 12.1 Å². The molecule has 7 nitrogen and oxygen atoms in total. The van der Waals surface area contributed by atoms with Crippen molar-refractivity contribution in [3.8, 4) is 0 Å². The standard InChI is InChI=1S/C23H26F3NO6/c1-12-16(18(28)29)22(6,14-9-7-8-10-15(14)23(24,25)26)17(19(30)31)13(2)27(12)11-33-20(32)21(3,4)5/h7-10H,11H2,1-6H3,(H,28,29)(H,30,31)/p-2. The summed E-state index contributed by atoms with van der Waals surface area (Å²) in [5, 5.41) is 24.4. The number of halogens is 3. The molecule has 0 unspecified atom stereocenters. The molecule has 0 atom stereocenters. The summed E-state index contributed by atoms with van der Waals surface area (Å²) < 4.78 is 46.6. The average Bonchev–Trinajstić information content (AvgIpc) is 2.65. The first-order chi connectivity index (χ1) is 15.0. The summed E-state index contributed by atoms with van der Waals surface area (Å²) in [5.41, 5.74) is -6.63. The Bertz CT molecular complexity index is 1020. The normalized spacial score (nSPS) is 16.7. The molecule has 0 aliphatic carbocycles. The van der Waals surface area contributed by atoms with Crippen LogP contribution < -0.4 is 10.2 Å². The lowest BCUT2D eigenvalue weighted by atomic mass is 9.65. The number of esters is 1. The van der Waals surface area contributed by atoms with Gasteiger partial charge in [0.15, 0.2) is 6.73 Å². The van der Waals surface area contributed by atoms with E-state index in [2.05, 4.69) is 0 Å². The molecule has 0 radical (unpaired) electrons. The van der Waals surface area contributed by atoms with E-state index < -0.39 is 63.9 Å².